The van der Waals surface area contributed by atoms with E-state index in [4.69, 9.17) is 14.2 Å². The Kier molecular flexibility index (Phi) is 11.4. The lowest BCUT2D eigenvalue weighted by atomic mass is 9.99. The molecule has 3 atom stereocenters. The number of para-hydroxylation sites is 1. The Balaban J connectivity index is 1.12. The summed E-state index contributed by atoms with van der Waals surface area (Å²) < 4.78 is 18.7. The van der Waals surface area contributed by atoms with Crippen LogP contribution in [0.15, 0.2) is 132 Å². The third kappa shape index (κ3) is 8.85. The summed E-state index contributed by atoms with van der Waals surface area (Å²) in [5.74, 6) is 1.60. The van der Waals surface area contributed by atoms with Gasteiger partial charge in [-0.1, -0.05) is 109 Å². The molecule has 8 heteroatoms. The lowest BCUT2D eigenvalue weighted by Crippen LogP contribution is -2.34. The Bertz CT molecular complexity index is 1770. The molecule has 5 aromatic carbocycles. The second-order valence-electron chi connectivity index (χ2n) is 11.7. The molecule has 7 nitrogen and oxygen atoms in total. The fourth-order valence-corrected chi connectivity index (χ4v) is 6.71. The number of rotatable bonds is 12. The lowest BCUT2D eigenvalue weighted by molar-refractivity contribution is -0.245. The van der Waals surface area contributed by atoms with Crippen LogP contribution in [-0.4, -0.2) is 30.1 Å². The fraction of sp³-hybridized carbons (Fsp3) is 0.225. The highest BCUT2D eigenvalue weighted by molar-refractivity contribution is 7.99. The van der Waals surface area contributed by atoms with Crippen LogP contribution in [0, 0.1) is 0 Å². The van der Waals surface area contributed by atoms with E-state index in [1.54, 1.807) is 18.9 Å². The van der Waals surface area contributed by atoms with E-state index in [1.807, 2.05) is 84.9 Å². The first-order valence-corrected chi connectivity index (χ1v) is 17.1. The lowest BCUT2D eigenvalue weighted by Gasteiger charge is -2.36. The number of hydrogen-bond donors (Lipinski definition) is 3. The first-order valence-electron chi connectivity index (χ1n) is 16.1. The van der Waals surface area contributed by atoms with Gasteiger partial charge in [-0.25, -0.2) is 4.79 Å². The van der Waals surface area contributed by atoms with Crippen molar-refractivity contribution in [3.8, 4) is 16.9 Å². The van der Waals surface area contributed by atoms with E-state index in [-0.39, 0.29) is 24.8 Å². The highest BCUT2D eigenvalue weighted by atomic mass is 32.2. The maximum Gasteiger partial charge on any atom is 0.315 e. The predicted molar refractivity (Wildman–Crippen MR) is 190 cm³/mol. The Morgan fingerprint density at radius 1 is 0.750 bits per heavy atom. The number of benzene rings is 5. The molecular weight excluding hydrogens is 621 g/mol. The summed E-state index contributed by atoms with van der Waals surface area (Å²) in [5, 5.41) is 15.4. The van der Waals surface area contributed by atoms with Gasteiger partial charge in [0, 0.05) is 35.7 Å². The molecule has 1 aliphatic heterocycles. The molecule has 246 valence electrons. The first-order chi connectivity index (χ1) is 23.6. The zero-order chi connectivity index (χ0) is 33.1. The highest BCUT2D eigenvalue weighted by Crippen LogP contribution is 2.40. The molecule has 6 rings (SSSR count). The van der Waals surface area contributed by atoms with E-state index in [1.165, 1.54) is 0 Å². The number of carbonyl (C=O) groups is 1. The first kappa shape index (κ1) is 33.3. The number of nitrogens with one attached hydrogen (secondary N) is 2. The predicted octanol–water partition coefficient (Wildman–Crippen LogP) is 8.19. The van der Waals surface area contributed by atoms with Gasteiger partial charge in [0.05, 0.1) is 25.9 Å². The normalized spacial score (nSPS) is 17.4. The molecule has 5 aromatic rings. The number of amides is 2. The molecule has 0 unspecified atom stereocenters. The summed E-state index contributed by atoms with van der Waals surface area (Å²) >= 11 is 1.72. The number of urea groups is 1. The molecule has 0 radical (unpaired) electrons. The standard InChI is InChI=1S/C40H40N2O5S/c1-45-36-12-5-6-13-38(36)48-27-35-23-37(32-16-14-29(26-43)15-17-32)47-39(46-35)33-20-18-31(19-21-33)34-11-7-10-30(22-34)25-42-40(44)41-24-28-8-3-2-4-9-28/h2-22,35,37,39,43H,23-27H2,1H3,(H2,41,42,44)/t35-,37+,39+/m0/s1. The second kappa shape index (κ2) is 16.5. The summed E-state index contributed by atoms with van der Waals surface area (Å²) in [7, 11) is 1.69. The van der Waals surface area contributed by atoms with Gasteiger partial charge in [0.15, 0.2) is 6.29 Å². The van der Waals surface area contributed by atoms with Crippen LogP contribution in [0.1, 0.15) is 46.6 Å². The van der Waals surface area contributed by atoms with E-state index in [9.17, 15) is 9.90 Å². The van der Waals surface area contributed by atoms with Gasteiger partial charge in [0.1, 0.15) is 5.75 Å². The minimum Gasteiger partial charge on any atom is -0.496 e. The topological polar surface area (TPSA) is 89.0 Å². The summed E-state index contributed by atoms with van der Waals surface area (Å²) in [6.45, 7) is 0.905. The van der Waals surface area contributed by atoms with Crippen LogP contribution < -0.4 is 15.4 Å². The number of ether oxygens (including phenoxy) is 3. The van der Waals surface area contributed by atoms with Crippen molar-refractivity contribution in [3.05, 3.63) is 155 Å². The van der Waals surface area contributed by atoms with Crippen molar-refractivity contribution in [1.82, 2.24) is 10.6 Å². The highest BCUT2D eigenvalue weighted by Gasteiger charge is 2.32. The zero-order valence-corrected chi connectivity index (χ0v) is 27.7. The van der Waals surface area contributed by atoms with Crippen molar-refractivity contribution in [2.24, 2.45) is 0 Å². The second-order valence-corrected chi connectivity index (χ2v) is 12.7. The van der Waals surface area contributed by atoms with Crippen LogP contribution in [0.25, 0.3) is 11.1 Å². The van der Waals surface area contributed by atoms with Gasteiger partial charge >= 0.3 is 6.03 Å². The molecule has 1 aliphatic rings. The molecule has 0 spiro atoms. The summed E-state index contributed by atoms with van der Waals surface area (Å²) in [6.07, 6.45) is -0.0488. The van der Waals surface area contributed by atoms with Crippen molar-refractivity contribution in [2.75, 3.05) is 12.9 Å². The summed E-state index contributed by atoms with van der Waals surface area (Å²) in [6, 6.07) is 42.1. The number of aliphatic hydroxyl groups excluding tert-OH is 1. The average molecular weight is 661 g/mol. The third-order valence-electron chi connectivity index (χ3n) is 8.30. The van der Waals surface area contributed by atoms with Crippen LogP contribution in [0.5, 0.6) is 5.75 Å². The Labute approximate surface area is 286 Å². The maximum absolute atomic E-state index is 12.4. The van der Waals surface area contributed by atoms with Gasteiger partial charge in [-0.15, -0.1) is 11.8 Å². The monoisotopic (exact) mass is 660 g/mol. The zero-order valence-electron chi connectivity index (χ0n) is 26.9. The van der Waals surface area contributed by atoms with Gasteiger partial charge in [-0.05, 0) is 51.6 Å². The van der Waals surface area contributed by atoms with Crippen molar-refractivity contribution in [1.29, 1.82) is 0 Å². The molecular formula is C40H40N2O5S. The molecule has 1 saturated heterocycles. The average Bonchev–Trinajstić information content (AvgIpc) is 3.16. The number of aliphatic hydroxyl groups is 1. The van der Waals surface area contributed by atoms with Gasteiger partial charge in [0.25, 0.3) is 0 Å². The molecule has 0 bridgehead atoms. The molecule has 2 amide bonds. The third-order valence-corrected chi connectivity index (χ3v) is 9.49. The largest absolute Gasteiger partial charge is 0.496 e. The quantitative estimate of drug-likeness (QED) is 0.117. The molecule has 3 N–H and O–H groups in total. The number of thioether (sulfide) groups is 1. The van der Waals surface area contributed by atoms with E-state index in [2.05, 4.69) is 53.1 Å². The van der Waals surface area contributed by atoms with Crippen LogP contribution in [0.4, 0.5) is 4.79 Å². The molecule has 0 saturated carbocycles. The smallest absolute Gasteiger partial charge is 0.315 e. The van der Waals surface area contributed by atoms with Gasteiger partial charge in [-0.2, -0.15) is 0 Å². The van der Waals surface area contributed by atoms with Crippen molar-refractivity contribution in [3.63, 3.8) is 0 Å². The van der Waals surface area contributed by atoms with Gasteiger partial charge < -0.3 is 30.0 Å². The minimum atomic E-state index is -0.538. The van der Waals surface area contributed by atoms with Gasteiger partial charge in [0.2, 0.25) is 0 Å². The SMILES string of the molecule is COc1ccccc1SC[C@@H]1C[C@H](c2ccc(CO)cc2)O[C@H](c2ccc(-c3cccc(CNC(=O)NCc4ccccc4)c3)cc2)O1. The van der Waals surface area contributed by atoms with Crippen LogP contribution in [0.3, 0.4) is 0 Å². The van der Waals surface area contributed by atoms with Crippen LogP contribution in [0.2, 0.25) is 0 Å². The van der Waals surface area contributed by atoms with Crippen molar-refractivity contribution >= 4 is 17.8 Å². The maximum atomic E-state index is 12.4. The van der Waals surface area contributed by atoms with E-state index in [0.717, 1.165) is 55.3 Å². The molecule has 0 aliphatic carbocycles. The Morgan fingerprint density at radius 3 is 2.19 bits per heavy atom. The van der Waals surface area contributed by atoms with Crippen LogP contribution in [-0.2, 0) is 29.2 Å². The van der Waals surface area contributed by atoms with Gasteiger partial charge in [-0.3, -0.25) is 0 Å². The van der Waals surface area contributed by atoms with E-state index in [0.29, 0.717) is 19.5 Å². The van der Waals surface area contributed by atoms with E-state index >= 15 is 0 Å². The molecule has 48 heavy (non-hydrogen) atoms. The number of hydrogen-bond acceptors (Lipinski definition) is 6. The molecule has 1 fully saturated rings. The van der Waals surface area contributed by atoms with E-state index < -0.39 is 6.29 Å². The Morgan fingerprint density at radius 2 is 1.44 bits per heavy atom. The van der Waals surface area contributed by atoms with Crippen molar-refractivity contribution < 1.29 is 24.1 Å². The van der Waals surface area contributed by atoms with Crippen LogP contribution >= 0.6 is 11.8 Å². The van der Waals surface area contributed by atoms with Crippen molar-refractivity contribution in [2.45, 2.75) is 49.5 Å². The fourth-order valence-electron chi connectivity index (χ4n) is 5.66. The summed E-state index contributed by atoms with van der Waals surface area (Å²) in [5.41, 5.74) is 7.05. The molecule has 0 aromatic heterocycles. The number of carbonyl (C=O) groups excluding carboxylic acids is 1. The molecule has 1 heterocycles. The number of methoxy groups -OCH3 is 1. The minimum absolute atomic E-state index is 0.00553. The summed E-state index contributed by atoms with van der Waals surface area (Å²) in [4.78, 5) is 13.5. The Hall–Kier alpha value is -4.60.